The third-order valence-corrected chi connectivity index (χ3v) is 5.80. The van der Waals surface area contributed by atoms with E-state index in [9.17, 15) is 19.5 Å². The van der Waals surface area contributed by atoms with Crippen LogP contribution < -0.4 is 16.7 Å². The van der Waals surface area contributed by atoms with E-state index in [2.05, 4.69) is 5.43 Å². The van der Waals surface area contributed by atoms with Crippen LogP contribution in [0.3, 0.4) is 0 Å². The number of aromatic nitrogens is 2. The van der Waals surface area contributed by atoms with Gasteiger partial charge in [-0.2, -0.15) is 0 Å². The molecule has 2 N–H and O–H groups in total. The summed E-state index contributed by atoms with van der Waals surface area (Å²) in [5.41, 5.74) is 2.37. The molecule has 0 spiro atoms. The summed E-state index contributed by atoms with van der Waals surface area (Å²) >= 11 is 1.32. The highest BCUT2D eigenvalue weighted by atomic mass is 32.1. The molecule has 0 aliphatic rings. The lowest BCUT2D eigenvalue weighted by atomic mass is 10.1. The van der Waals surface area contributed by atoms with Crippen LogP contribution in [0.5, 0.6) is 0 Å². The first-order chi connectivity index (χ1) is 13.0. The molecule has 0 saturated heterocycles. The Bertz CT molecular complexity index is 983. The Labute approximate surface area is 167 Å². The van der Waals surface area contributed by atoms with Gasteiger partial charge < -0.3 is 9.84 Å². The average molecular weight is 413 g/mol. The minimum absolute atomic E-state index is 0.235. The van der Waals surface area contributed by atoms with Crippen molar-refractivity contribution in [2.24, 2.45) is 0 Å². The number of nitrogens with zero attached hydrogens (tertiary/aromatic N) is 3. The zero-order valence-corrected chi connectivity index (χ0v) is 18.0. The van der Waals surface area contributed by atoms with E-state index in [1.807, 2.05) is 6.92 Å². The van der Waals surface area contributed by atoms with Crippen LogP contribution in [-0.4, -0.2) is 44.6 Å². The molecule has 2 rings (SSSR count). The summed E-state index contributed by atoms with van der Waals surface area (Å²) in [6.45, 7) is 10.1. The topological polar surface area (TPSA) is 106 Å². The first-order valence-corrected chi connectivity index (χ1v) is 9.87. The van der Waals surface area contributed by atoms with Crippen molar-refractivity contribution in [1.29, 1.82) is 0 Å². The van der Waals surface area contributed by atoms with Gasteiger partial charge in [0.1, 0.15) is 4.83 Å². The quantitative estimate of drug-likeness (QED) is 0.674. The normalized spacial score (nSPS) is 11.9. The van der Waals surface area contributed by atoms with Crippen molar-refractivity contribution in [2.75, 3.05) is 13.7 Å². The van der Waals surface area contributed by atoms with E-state index >= 15 is 0 Å². The number of hydrogen-bond acceptors (Lipinski definition) is 6. The lowest BCUT2D eigenvalue weighted by molar-refractivity contribution is 0.0626. The zero-order chi connectivity index (χ0) is 21.2. The number of rotatable bonds is 7. The highest BCUT2D eigenvalue weighted by molar-refractivity contribution is 7.18. The van der Waals surface area contributed by atoms with Gasteiger partial charge in [-0.25, -0.2) is 20.0 Å². The van der Waals surface area contributed by atoms with Crippen LogP contribution in [0.2, 0.25) is 0 Å². The van der Waals surface area contributed by atoms with Gasteiger partial charge in [0.15, 0.2) is 0 Å². The van der Waals surface area contributed by atoms with Crippen molar-refractivity contribution in [3.63, 3.8) is 0 Å². The monoisotopic (exact) mass is 412 g/mol. The highest BCUT2D eigenvalue weighted by Gasteiger charge is 2.27. The number of aryl methyl sites for hydroxylation is 1. The maximum atomic E-state index is 12.8. The molecule has 28 heavy (non-hydrogen) atoms. The Balaban J connectivity index is 2.57. The van der Waals surface area contributed by atoms with Gasteiger partial charge in [-0.3, -0.25) is 13.9 Å². The summed E-state index contributed by atoms with van der Waals surface area (Å²) < 4.78 is 7.88. The molecule has 0 aliphatic heterocycles. The second kappa shape index (κ2) is 8.46. The molecule has 0 bridgehead atoms. The first kappa shape index (κ1) is 22.1. The molecule has 9 nitrogen and oxygen atoms in total. The fourth-order valence-corrected chi connectivity index (χ4v) is 4.26. The van der Waals surface area contributed by atoms with E-state index in [-0.39, 0.29) is 24.3 Å². The molecule has 2 aromatic rings. The van der Waals surface area contributed by atoms with E-state index in [1.54, 1.807) is 39.4 Å². The number of fused-ring (bicyclic) bond motifs is 1. The van der Waals surface area contributed by atoms with Crippen molar-refractivity contribution < 1.29 is 14.6 Å². The number of methoxy groups -OCH3 is 1. The summed E-state index contributed by atoms with van der Waals surface area (Å²) in [6, 6.07) is 0. The predicted molar refractivity (Wildman–Crippen MR) is 109 cm³/mol. The number of carboxylic acid groups (broad SMARTS) is 1. The molecule has 0 saturated carbocycles. The molecule has 1 amide bonds. The Morgan fingerprint density at radius 1 is 1.29 bits per heavy atom. The molecule has 10 heteroatoms. The smallest absolute Gasteiger partial charge is 0.422 e. The van der Waals surface area contributed by atoms with Crippen molar-refractivity contribution >= 4 is 27.6 Å². The fourth-order valence-electron chi connectivity index (χ4n) is 3.01. The standard InChI is InChI=1S/C18H28N4O5S/c1-7-20-14(23)13-11(2)12(10-19-22(17(25)26)18(3,4)5)28-15(13)21(16(20)24)8-9-27-6/h19H,7-10H2,1-6H3,(H,25,26). The van der Waals surface area contributed by atoms with Crippen molar-refractivity contribution in [1.82, 2.24) is 19.6 Å². The molecule has 0 aromatic carbocycles. The van der Waals surface area contributed by atoms with E-state index in [4.69, 9.17) is 4.74 Å². The summed E-state index contributed by atoms with van der Waals surface area (Å²) in [4.78, 5) is 38.5. The Morgan fingerprint density at radius 3 is 2.43 bits per heavy atom. The Morgan fingerprint density at radius 2 is 1.93 bits per heavy atom. The van der Waals surface area contributed by atoms with Crippen LogP contribution in [-0.2, 0) is 24.4 Å². The summed E-state index contributed by atoms with van der Waals surface area (Å²) in [5.74, 6) is 0. The lowest BCUT2D eigenvalue weighted by Crippen LogP contribution is -2.52. The van der Waals surface area contributed by atoms with Gasteiger partial charge in [-0.05, 0) is 40.2 Å². The number of carbonyl (C=O) groups is 1. The number of hydrazine groups is 1. The molecule has 0 fully saturated rings. The fraction of sp³-hybridized carbons (Fsp3) is 0.611. The Kier molecular flexibility index (Phi) is 6.68. The molecule has 156 valence electrons. The van der Waals surface area contributed by atoms with E-state index < -0.39 is 11.6 Å². The second-order valence-electron chi connectivity index (χ2n) is 7.43. The molecule has 0 aliphatic carbocycles. The van der Waals surface area contributed by atoms with E-state index in [1.165, 1.54) is 15.9 Å². The van der Waals surface area contributed by atoms with Crippen molar-refractivity contribution in [2.45, 2.75) is 59.8 Å². The minimum atomic E-state index is -1.09. The van der Waals surface area contributed by atoms with Crippen LogP contribution in [0.15, 0.2) is 9.59 Å². The van der Waals surface area contributed by atoms with Crippen molar-refractivity contribution in [3.8, 4) is 0 Å². The maximum absolute atomic E-state index is 12.8. The van der Waals surface area contributed by atoms with Gasteiger partial charge in [-0.1, -0.05) is 0 Å². The van der Waals surface area contributed by atoms with E-state index in [0.29, 0.717) is 23.4 Å². The summed E-state index contributed by atoms with van der Waals surface area (Å²) in [5, 5.41) is 11.1. The number of thiophene rings is 1. The van der Waals surface area contributed by atoms with Gasteiger partial charge in [0, 0.05) is 18.5 Å². The molecule has 2 aromatic heterocycles. The molecule has 2 heterocycles. The number of nitrogens with one attached hydrogen (secondary N) is 1. The van der Waals surface area contributed by atoms with Crippen LogP contribution in [0.25, 0.3) is 10.2 Å². The van der Waals surface area contributed by atoms with Crippen LogP contribution >= 0.6 is 11.3 Å². The average Bonchev–Trinajstić information content (AvgIpc) is 2.91. The van der Waals surface area contributed by atoms with E-state index in [0.717, 1.165) is 15.4 Å². The largest absolute Gasteiger partial charge is 0.464 e. The van der Waals surface area contributed by atoms with Gasteiger partial charge >= 0.3 is 11.8 Å². The summed E-state index contributed by atoms with van der Waals surface area (Å²) in [6.07, 6.45) is -1.09. The van der Waals surface area contributed by atoms with Crippen LogP contribution in [0, 0.1) is 6.92 Å². The third-order valence-electron chi connectivity index (χ3n) is 4.49. The number of ether oxygens (including phenoxy) is 1. The van der Waals surface area contributed by atoms with Gasteiger partial charge in [-0.15, -0.1) is 11.3 Å². The SMILES string of the molecule is CCn1c(=O)c2c(C)c(CNN(C(=O)O)C(C)(C)C)sc2n(CCOC)c1=O. The molecule has 0 unspecified atom stereocenters. The minimum Gasteiger partial charge on any atom is -0.464 e. The predicted octanol–water partition coefficient (Wildman–Crippen LogP) is 1.98. The van der Waals surface area contributed by atoms with Gasteiger partial charge in [0.05, 0.1) is 30.6 Å². The first-order valence-electron chi connectivity index (χ1n) is 9.05. The number of amides is 1. The summed E-state index contributed by atoms with van der Waals surface area (Å²) in [7, 11) is 1.56. The molecular formula is C18H28N4O5S. The molecule has 0 atom stereocenters. The zero-order valence-electron chi connectivity index (χ0n) is 17.2. The van der Waals surface area contributed by atoms with Crippen LogP contribution in [0.1, 0.15) is 38.1 Å². The highest BCUT2D eigenvalue weighted by Crippen LogP contribution is 2.28. The van der Waals surface area contributed by atoms with Gasteiger partial charge in [0.2, 0.25) is 0 Å². The van der Waals surface area contributed by atoms with Gasteiger partial charge in [0.25, 0.3) is 5.56 Å². The third kappa shape index (κ3) is 4.13. The second-order valence-corrected chi connectivity index (χ2v) is 8.51. The van der Waals surface area contributed by atoms with Crippen molar-refractivity contribution in [3.05, 3.63) is 31.3 Å². The Hall–Kier alpha value is -2.17. The molecular weight excluding hydrogens is 384 g/mol. The lowest BCUT2D eigenvalue weighted by Gasteiger charge is -2.33. The number of hydrogen-bond donors (Lipinski definition) is 2. The van der Waals surface area contributed by atoms with Crippen LogP contribution in [0.4, 0.5) is 4.79 Å². The molecule has 0 radical (unpaired) electrons. The maximum Gasteiger partial charge on any atom is 0.422 e.